The average Bonchev–Trinajstić information content (AvgIpc) is 2.18. The van der Waals surface area contributed by atoms with E-state index < -0.39 is 0 Å². The second-order valence-electron chi connectivity index (χ2n) is 3.48. The van der Waals surface area contributed by atoms with Crippen LogP contribution in [0.3, 0.4) is 0 Å². The van der Waals surface area contributed by atoms with Gasteiger partial charge in [-0.15, -0.1) is 0 Å². The fourth-order valence-electron chi connectivity index (χ4n) is 1.37. The summed E-state index contributed by atoms with van der Waals surface area (Å²) in [5.74, 6) is -0.345. The number of Topliss-reactive ketones (excluding diaryl/α,β-unsaturated/α-hetero) is 1. The van der Waals surface area contributed by atoms with Gasteiger partial charge >= 0.3 is 0 Å². The number of hydrogen-bond donors (Lipinski definition) is 0. The van der Waals surface area contributed by atoms with Crippen molar-refractivity contribution in [1.82, 2.24) is 0 Å². The van der Waals surface area contributed by atoms with E-state index in [0.29, 0.717) is 11.1 Å². The van der Waals surface area contributed by atoms with Crippen LogP contribution in [0.1, 0.15) is 42.6 Å². The molecule has 0 saturated carbocycles. The lowest BCUT2D eigenvalue weighted by Crippen LogP contribution is -1.96. The standard InChI is InChI=1S/C13H15FO/c1-3-4-5-6-11-9-12(14)7-8-13(11)10(2)15/h5-9H,3-4H2,1-2H3/b6-5-. The van der Waals surface area contributed by atoms with Crippen LogP contribution in [-0.4, -0.2) is 5.78 Å². The van der Waals surface area contributed by atoms with Gasteiger partial charge in [0.2, 0.25) is 0 Å². The Bertz CT molecular complexity index is 380. The van der Waals surface area contributed by atoms with Crippen LogP contribution in [0.25, 0.3) is 6.08 Å². The van der Waals surface area contributed by atoms with Gasteiger partial charge < -0.3 is 0 Å². The van der Waals surface area contributed by atoms with Gasteiger partial charge in [0, 0.05) is 5.56 Å². The van der Waals surface area contributed by atoms with Crippen molar-refractivity contribution in [3.05, 3.63) is 41.2 Å². The molecule has 0 aliphatic rings. The number of unbranched alkanes of at least 4 members (excludes halogenated alkanes) is 1. The summed E-state index contributed by atoms with van der Waals surface area (Å²) in [4.78, 5) is 11.3. The van der Waals surface area contributed by atoms with Crippen molar-refractivity contribution < 1.29 is 9.18 Å². The molecule has 0 atom stereocenters. The molecular weight excluding hydrogens is 191 g/mol. The summed E-state index contributed by atoms with van der Waals surface area (Å²) in [6.07, 6.45) is 5.75. The SMILES string of the molecule is CCC/C=C\c1cc(F)ccc1C(C)=O. The molecule has 1 nitrogen and oxygen atoms in total. The largest absolute Gasteiger partial charge is 0.294 e. The molecule has 1 rings (SSSR count). The predicted molar refractivity (Wildman–Crippen MR) is 60.3 cm³/mol. The Labute approximate surface area is 89.6 Å². The Morgan fingerprint density at radius 3 is 2.80 bits per heavy atom. The molecule has 0 N–H and O–H groups in total. The molecule has 0 spiro atoms. The molecule has 2 heteroatoms. The Morgan fingerprint density at radius 1 is 1.47 bits per heavy atom. The fraction of sp³-hybridized carbons (Fsp3) is 0.308. The van der Waals surface area contributed by atoms with Crippen LogP contribution in [-0.2, 0) is 0 Å². The number of allylic oxidation sites excluding steroid dienone is 1. The van der Waals surface area contributed by atoms with E-state index in [0.717, 1.165) is 12.8 Å². The normalized spacial score (nSPS) is 10.9. The highest BCUT2D eigenvalue weighted by molar-refractivity contribution is 5.97. The minimum Gasteiger partial charge on any atom is -0.294 e. The van der Waals surface area contributed by atoms with Gasteiger partial charge in [0.15, 0.2) is 5.78 Å². The summed E-state index contributed by atoms with van der Waals surface area (Å²) < 4.78 is 13.0. The molecule has 0 radical (unpaired) electrons. The van der Waals surface area contributed by atoms with Gasteiger partial charge in [-0.05, 0) is 37.1 Å². The summed E-state index contributed by atoms with van der Waals surface area (Å²) >= 11 is 0. The Hall–Kier alpha value is -1.44. The van der Waals surface area contributed by atoms with E-state index in [2.05, 4.69) is 6.92 Å². The molecule has 0 heterocycles. The maximum atomic E-state index is 13.0. The lowest BCUT2D eigenvalue weighted by Gasteiger charge is -2.01. The monoisotopic (exact) mass is 206 g/mol. The molecule has 0 aromatic heterocycles. The van der Waals surface area contributed by atoms with Crippen LogP contribution < -0.4 is 0 Å². The maximum absolute atomic E-state index is 13.0. The first-order valence-corrected chi connectivity index (χ1v) is 5.12. The number of hydrogen-bond acceptors (Lipinski definition) is 1. The number of carbonyl (C=O) groups excluding carboxylic acids is 1. The number of ketones is 1. The maximum Gasteiger partial charge on any atom is 0.160 e. The van der Waals surface area contributed by atoms with Crippen molar-refractivity contribution in [1.29, 1.82) is 0 Å². The average molecular weight is 206 g/mol. The highest BCUT2D eigenvalue weighted by atomic mass is 19.1. The third-order valence-electron chi connectivity index (χ3n) is 2.15. The summed E-state index contributed by atoms with van der Waals surface area (Å²) in [6.45, 7) is 3.56. The molecule has 0 aliphatic heterocycles. The van der Waals surface area contributed by atoms with Crippen molar-refractivity contribution in [3.8, 4) is 0 Å². The van der Waals surface area contributed by atoms with Gasteiger partial charge in [0.1, 0.15) is 5.82 Å². The molecule has 15 heavy (non-hydrogen) atoms. The smallest absolute Gasteiger partial charge is 0.160 e. The second kappa shape index (κ2) is 5.44. The first-order chi connectivity index (χ1) is 7.15. The van der Waals surface area contributed by atoms with E-state index in [4.69, 9.17) is 0 Å². The highest BCUT2D eigenvalue weighted by Gasteiger charge is 2.05. The zero-order valence-electron chi connectivity index (χ0n) is 9.09. The summed E-state index contributed by atoms with van der Waals surface area (Å²) in [7, 11) is 0. The lowest BCUT2D eigenvalue weighted by atomic mass is 10.0. The third-order valence-corrected chi connectivity index (χ3v) is 2.15. The van der Waals surface area contributed by atoms with Crippen LogP contribution in [0.4, 0.5) is 4.39 Å². The molecule has 0 unspecified atom stereocenters. The summed E-state index contributed by atoms with van der Waals surface area (Å²) in [6, 6.07) is 4.24. The Kier molecular flexibility index (Phi) is 4.22. The minimum atomic E-state index is -0.309. The molecule has 1 aromatic rings. The zero-order chi connectivity index (χ0) is 11.3. The number of rotatable bonds is 4. The fourth-order valence-corrected chi connectivity index (χ4v) is 1.37. The first-order valence-electron chi connectivity index (χ1n) is 5.12. The van der Waals surface area contributed by atoms with Gasteiger partial charge in [-0.25, -0.2) is 4.39 Å². The first kappa shape index (κ1) is 11.6. The van der Waals surface area contributed by atoms with E-state index in [1.807, 2.05) is 12.2 Å². The van der Waals surface area contributed by atoms with Crippen molar-refractivity contribution >= 4 is 11.9 Å². The van der Waals surface area contributed by atoms with Gasteiger partial charge in [-0.1, -0.05) is 25.5 Å². The third kappa shape index (κ3) is 3.31. The van der Waals surface area contributed by atoms with E-state index in [-0.39, 0.29) is 11.6 Å². The zero-order valence-corrected chi connectivity index (χ0v) is 9.09. The van der Waals surface area contributed by atoms with E-state index in [9.17, 15) is 9.18 Å². The van der Waals surface area contributed by atoms with Crippen molar-refractivity contribution in [2.75, 3.05) is 0 Å². The number of halogens is 1. The molecule has 0 aliphatic carbocycles. The molecule has 0 bridgehead atoms. The van der Waals surface area contributed by atoms with Crippen LogP contribution in [0.2, 0.25) is 0 Å². The van der Waals surface area contributed by atoms with Crippen LogP contribution in [0.5, 0.6) is 0 Å². The van der Waals surface area contributed by atoms with E-state index in [1.54, 1.807) is 0 Å². The van der Waals surface area contributed by atoms with Crippen molar-refractivity contribution in [2.24, 2.45) is 0 Å². The number of carbonyl (C=O) groups is 1. The summed E-state index contributed by atoms with van der Waals surface area (Å²) in [5, 5.41) is 0. The van der Waals surface area contributed by atoms with Crippen LogP contribution in [0, 0.1) is 5.82 Å². The molecular formula is C13H15FO. The van der Waals surface area contributed by atoms with Crippen molar-refractivity contribution in [2.45, 2.75) is 26.7 Å². The van der Waals surface area contributed by atoms with E-state index >= 15 is 0 Å². The molecule has 80 valence electrons. The molecule has 0 amide bonds. The highest BCUT2D eigenvalue weighted by Crippen LogP contribution is 2.14. The van der Waals surface area contributed by atoms with E-state index in [1.165, 1.54) is 25.1 Å². The minimum absolute atomic E-state index is 0.0360. The quantitative estimate of drug-likeness (QED) is 0.684. The predicted octanol–water partition coefficient (Wildman–Crippen LogP) is 3.84. The molecule has 0 saturated heterocycles. The lowest BCUT2D eigenvalue weighted by molar-refractivity contribution is 0.101. The van der Waals surface area contributed by atoms with Gasteiger partial charge in [-0.3, -0.25) is 4.79 Å². The van der Waals surface area contributed by atoms with Gasteiger partial charge in [0.25, 0.3) is 0 Å². The van der Waals surface area contributed by atoms with Gasteiger partial charge in [0.05, 0.1) is 0 Å². The summed E-state index contributed by atoms with van der Waals surface area (Å²) in [5.41, 5.74) is 1.24. The Morgan fingerprint density at radius 2 is 2.20 bits per heavy atom. The number of benzene rings is 1. The molecule has 0 fully saturated rings. The second-order valence-corrected chi connectivity index (χ2v) is 3.48. The van der Waals surface area contributed by atoms with Crippen molar-refractivity contribution in [3.63, 3.8) is 0 Å². The molecule has 1 aromatic carbocycles. The topological polar surface area (TPSA) is 17.1 Å². The van der Waals surface area contributed by atoms with Crippen LogP contribution >= 0.6 is 0 Å². The van der Waals surface area contributed by atoms with Crippen LogP contribution in [0.15, 0.2) is 24.3 Å². The Balaban J connectivity index is 3.02. The van der Waals surface area contributed by atoms with Gasteiger partial charge in [-0.2, -0.15) is 0 Å².